The quantitative estimate of drug-likeness (QED) is 0.436. The number of carbonyl (C=O) groups is 1. The number of hydrogen-bond donors (Lipinski definition) is 2. The zero-order valence-electron chi connectivity index (χ0n) is 5.82. The third kappa shape index (κ3) is 2.48. The molecular weight excluding hydrogens is 228 g/mol. The Hall–Kier alpha value is -1.14. The van der Waals surface area contributed by atoms with E-state index in [2.05, 4.69) is 25.7 Å². The Labute approximate surface area is 76.5 Å². The Morgan fingerprint density at radius 1 is 1.67 bits per heavy atom. The highest BCUT2D eigenvalue weighted by Gasteiger charge is 2.02. The fourth-order valence-corrected chi connectivity index (χ4v) is 0.892. The molecular formula is C6H5BrN2O3. The summed E-state index contributed by atoms with van der Waals surface area (Å²) in [6.45, 7) is 0. The van der Waals surface area contributed by atoms with Crippen LogP contribution < -0.4 is 10.2 Å². The summed E-state index contributed by atoms with van der Waals surface area (Å²) in [7, 11) is 0. The molecule has 1 aromatic heterocycles. The Bertz CT molecular complexity index is 292. The number of ether oxygens (including phenoxy) is 1. The van der Waals surface area contributed by atoms with Gasteiger partial charge in [0.25, 0.3) is 0 Å². The van der Waals surface area contributed by atoms with E-state index in [-0.39, 0.29) is 5.88 Å². The summed E-state index contributed by atoms with van der Waals surface area (Å²) in [6, 6.07) is 4.82. The van der Waals surface area contributed by atoms with Gasteiger partial charge in [-0.15, -0.1) is 0 Å². The molecule has 0 radical (unpaired) electrons. The molecule has 1 rings (SSSR count). The van der Waals surface area contributed by atoms with Crippen LogP contribution in [0, 0.1) is 0 Å². The van der Waals surface area contributed by atoms with Gasteiger partial charge in [0.2, 0.25) is 5.88 Å². The van der Waals surface area contributed by atoms with Crippen molar-refractivity contribution in [2.24, 2.45) is 0 Å². The summed E-state index contributed by atoms with van der Waals surface area (Å²) in [6.07, 6.45) is -0.972. The third-order valence-corrected chi connectivity index (χ3v) is 1.42. The highest BCUT2D eigenvalue weighted by molar-refractivity contribution is 9.10. The van der Waals surface area contributed by atoms with E-state index in [1.54, 1.807) is 12.1 Å². The lowest BCUT2D eigenvalue weighted by Gasteiger charge is -2.00. The van der Waals surface area contributed by atoms with E-state index >= 15 is 0 Å². The van der Waals surface area contributed by atoms with Gasteiger partial charge in [0.05, 0.1) is 0 Å². The van der Waals surface area contributed by atoms with Crippen LogP contribution in [0.15, 0.2) is 22.8 Å². The summed E-state index contributed by atoms with van der Waals surface area (Å²) in [5.41, 5.74) is 1.32. The van der Waals surface area contributed by atoms with Crippen molar-refractivity contribution in [2.75, 3.05) is 0 Å². The van der Waals surface area contributed by atoms with Crippen LogP contribution in [0.25, 0.3) is 0 Å². The van der Waals surface area contributed by atoms with Crippen molar-refractivity contribution >= 4 is 22.0 Å². The van der Waals surface area contributed by atoms with Crippen LogP contribution >= 0.6 is 15.9 Å². The first-order valence-electron chi connectivity index (χ1n) is 2.97. The summed E-state index contributed by atoms with van der Waals surface area (Å²) >= 11 is 3.09. The van der Waals surface area contributed by atoms with E-state index < -0.39 is 6.09 Å². The molecule has 6 heteroatoms. The first-order valence-corrected chi connectivity index (χ1v) is 3.76. The Kier molecular flexibility index (Phi) is 3.01. The van der Waals surface area contributed by atoms with Gasteiger partial charge in [-0.1, -0.05) is 6.07 Å². The standard InChI is InChI=1S/C6H5BrN2O3/c7-4-2-1-3-5(8-4)12-6(10)9-11/h1-3,11H,(H,9,10). The molecule has 0 aromatic carbocycles. The molecule has 0 saturated carbocycles. The number of aromatic nitrogens is 1. The molecule has 1 aromatic rings. The second-order valence-corrected chi connectivity index (χ2v) is 2.61. The Morgan fingerprint density at radius 2 is 2.42 bits per heavy atom. The molecule has 1 heterocycles. The predicted octanol–water partition coefficient (Wildman–Crippen LogP) is 1.32. The SMILES string of the molecule is O=C(NO)Oc1cccc(Br)n1. The largest absolute Gasteiger partial charge is 0.437 e. The van der Waals surface area contributed by atoms with Gasteiger partial charge >= 0.3 is 6.09 Å². The number of halogens is 1. The predicted molar refractivity (Wildman–Crippen MR) is 42.9 cm³/mol. The van der Waals surface area contributed by atoms with Crippen molar-refractivity contribution < 1.29 is 14.7 Å². The molecule has 0 unspecified atom stereocenters. The molecule has 5 nitrogen and oxygen atoms in total. The highest BCUT2D eigenvalue weighted by Crippen LogP contribution is 2.11. The number of carbonyl (C=O) groups excluding carboxylic acids is 1. The maximum absolute atomic E-state index is 10.5. The average molecular weight is 233 g/mol. The van der Waals surface area contributed by atoms with E-state index in [1.807, 2.05) is 0 Å². The molecule has 0 saturated heterocycles. The molecule has 0 aliphatic heterocycles. The Morgan fingerprint density at radius 3 is 3.00 bits per heavy atom. The molecule has 2 N–H and O–H groups in total. The van der Waals surface area contributed by atoms with Gasteiger partial charge in [-0.2, -0.15) is 0 Å². The van der Waals surface area contributed by atoms with E-state index in [0.29, 0.717) is 4.60 Å². The van der Waals surface area contributed by atoms with Crippen LogP contribution in [0.3, 0.4) is 0 Å². The van der Waals surface area contributed by atoms with Gasteiger partial charge in [-0.05, 0) is 22.0 Å². The van der Waals surface area contributed by atoms with Crippen molar-refractivity contribution in [3.63, 3.8) is 0 Å². The minimum atomic E-state index is -0.972. The van der Waals surface area contributed by atoms with Crippen molar-refractivity contribution in [3.8, 4) is 5.88 Å². The minimum absolute atomic E-state index is 0.107. The van der Waals surface area contributed by atoms with Crippen LogP contribution in [-0.4, -0.2) is 16.3 Å². The van der Waals surface area contributed by atoms with Crippen molar-refractivity contribution in [1.82, 2.24) is 10.5 Å². The van der Waals surface area contributed by atoms with Crippen LogP contribution in [-0.2, 0) is 0 Å². The first-order chi connectivity index (χ1) is 5.72. The molecule has 0 aliphatic rings. The summed E-state index contributed by atoms with van der Waals surface area (Å²) in [5, 5.41) is 8.10. The molecule has 12 heavy (non-hydrogen) atoms. The zero-order valence-corrected chi connectivity index (χ0v) is 7.41. The summed E-state index contributed by atoms with van der Waals surface area (Å²) in [4.78, 5) is 14.2. The van der Waals surface area contributed by atoms with Gasteiger partial charge in [0, 0.05) is 6.07 Å². The molecule has 0 bridgehead atoms. The lowest BCUT2D eigenvalue weighted by Crippen LogP contribution is -2.23. The monoisotopic (exact) mass is 232 g/mol. The number of amides is 1. The molecule has 0 fully saturated rings. The second kappa shape index (κ2) is 4.03. The number of hydroxylamine groups is 1. The first kappa shape index (κ1) is 8.95. The van der Waals surface area contributed by atoms with Crippen LogP contribution in [0.1, 0.15) is 0 Å². The second-order valence-electron chi connectivity index (χ2n) is 1.80. The normalized spacial score (nSPS) is 9.17. The van der Waals surface area contributed by atoms with Crippen LogP contribution in [0.5, 0.6) is 5.88 Å². The lowest BCUT2D eigenvalue weighted by atomic mass is 10.5. The maximum Gasteiger partial charge on any atom is 0.437 e. The van der Waals surface area contributed by atoms with Gasteiger partial charge in [0.15, 0.2) is 0 Å². The zero-order chi connectivity index (χ0) is 8.97. The average Bonchev–Trinajstić information content (AvgIpc) is 2.04. The fourth-order valence-electron chi connectivity index (χ4n) is 0.564. The smallest absolute Gasteiger partial charge is 0.390 e. The van der Waals surface area contributed by atoms with Gasteiger partial charge in [-0.3, -0.25) is 5.21 Å². The number of hydrogen-bond acceptors (Lipinski definition) is 4. The van der Waals surface area contributed by atoms with Crippen molar-refractivity contribution in [1.29, 1.82) is 0 Å². The summed E-state index contributed by atoms with van der Waals surface area (Å²) < 4.78 is 5.05. The molecule has 0 spiro atoms. The van der Waals surface area contributed by atoms with Crippen molar-refractivity contribution in [2.45, 2.75) is 0 Å². The van der Waals surface area contributed by atoms with Crippen LogP contribution in [0.2, 0.25) is 0 Å². The number of nitrogens with one attached hydrogen (secondary N) is 1. The lowest BCUT2D eigenvalue weighted by molar-refractivity contribution is 0.126. The topological polar surface area (TPSA) is 71.5 Å². The number of nitrogens with zero attached hydrogens (tertiary/aromatic N) is 1. The van der Waals surface area contributed by atoms with E-state index in [4.69, 9.17) is 5.21 Å². The third-order valence-electron chi connectivity index (χ3n) is 0.978. The fraction of sp³-hybridized carbons (Fsp3) is 0. The number of pyridine rings is 1. The van der Waals surface area contributed by atoms with Gasteiger partial charge in [-0.25, -0.2) is 15.3 Å². The molecule has 64 valence electrons. The summed E-state index contributed by atoms with van der Waals surface area (Å²) in [5.74, 6) is 0.107. The molecule has 0 aliphatic carbocycles. The number of rotatable bonds is 1. The van der Waals surface area contributed by atoms with E-state index in [0.717, 1.165) is 0 Å². The minimum Gasteiger partial charge on any atom is -0.390 e. The maximum atomic E-state index is 10.5. The molecule has 0 atom stereocenters. The van der Waals surface area contributed by atoms with E-state index in [1.165, 1.54) is 11.5 Å². The van der Waals surface area contributed by atoms with Crippen molar-refractivity contribution in [3.05, 3.63) is 22.8 Å². The van der Waals surface area contributed by atoms with Gasteiger partial charge < -0.3 is 4.74 Å². The molecule has 1 amide bonds. The highest BCUT2D eigenvalue weighted by atomic mass is 79.9. The van der Waals surface area contributed by atoms with Crippen LogP contribution in [0.4, 0.5) is 4.79 Å². The van der Waals surface area contributed by atoms with Gasteiger partial charge in [0.1, 0.15) is 4.60 Å². The Balaban J connectivity index is 2.69. The van der Waals surface area contributed by atoms with E-state index in [9.17, 15) is 4.79 Å².